The summed E-state index contributed by atoms with van der Waals surface area (Å²) < 4.78 is 29.0. The summed E-state index contributed by atoms with van der Waals surface area (Å²) in [6.07, 6.45) is 0.557. The monoisotopic (exact) mass is 417 g/mol. The van der Waals surface area contributed by atoms with E-state index >= 15 is 0 Å². The summed E-state index contributed by atoms with van der Waals surface area (Å²) in [7, 11) is -3.69. The second kappa shape index (κ2) is 9.26. The van der Waals surface area contributed by atoms with Gasteiger partial charge in [0.05, 0.1) is 4.90 Å². The van der Waals surface area contributed by atoms with Gasteiger partial charge in [0.2, 0.25) is 15.9 Å². The molecule has 8 nitrogen and oxygen atoms in total. The fourth-order valence-corrected chi connectivity index (χ4v) is 3.90. The standard InChI is InChI=1S/C15H20ClN5O3S2/c1-2-21-13(19-20-15(21)25)6-8-17-14(22)7-9-18-26(23,24)12-5-3-4-11(16)10-12/h3-5,10,18H,2,6-9H2,1H3,(H,17,22)(H,20,25). The van der Waals surface area contributed by atoms with Crippen molar-refractivity contribution in [1.82, 2.24) is 24.8 Å². The molecule has 2 rings (SSSR count). The number of aromatic amines is 1. The first-order valence-corrected chi connectivity index (χ1v) is 10.3. The summed E-state index contributed by atoms with van der Waals surface area (Å²) in [6, 6.07) is 5.93. The molecule has 0 spiro atoms. The Morgan fingerprint density at radius 2 is 2.15 bits per heavy atom. The van der Waals surface area contributed by atoms with E-state index in [1.165, 1.54) is 12.1 Å². The van der Waals surface area contributed by atoms with Crippen LogP contribution in [0.4, 0.5) is 0 Å². The average molecular weight is 418 g/mol. The zero-order valence-electron chi connectivity index (χ0n) is 14.2. The molecular formula is C15H20ClN5O3S2. The molecule has 0 saturated heterocycles. The van der Waals surface area contributed by atoms with Crippen molar-refractivity contribution in [2.24, 2.45) is 0 Å². The van der Waals surface area contributed by atoms with Gasteiger partial charge in [-0.25, -0.2) is 13.1 Å². The first kappa shape index (κ1) is 20.6. The van der Waals surface area contributed by atoms with Crippen molar-refractivity contribution in [3.05, 3.63) is 39.9 Å². The highest BCUT2D eigenvalue weighted by Gasteiger charge is 2.14. The molecule has 0 atom stereocenters. The SMILES string of the molecule is CCn1c(CCNC(=O)CCNS(=O)(=O)c2cccc(Cl)c2)n[nH]c1=S. The maximum Gasteiger partial charge on any atom is 0.240 e. The van der Waals surface area contributed by atoms with E-state index in [-0.39, 0.29) is 23.8 Å². The lowest BCUT2D eigenvalue weighted by molar-refractivity contribution is -0.120. The number of benzene rings is 1. The minimum absolute atomic E-state index is 0.00560. The molecule has 1 aromatic heterocycles. The summed E-state index contributed by atoms with van der Waals surface area (Å²) in [5, 5.41) is 9.88. The number of aromatic nitrogens is 3. The Labute approximate surface area is 162 Å². The highest BCUT2D eigenvalue weighted by atomic mass is 35.5. The van der Waals surface area contributed by atoms with Crippen LogP contribution in [0.3, 0.4) is 0 Å². The van der Waals surface area contributed by atoms with Gasteiger partial charge in [0.1, 0.15) is 5.82 Å². The maximum absolute atomic E-state index is 12.1. The van der Waals surface area contributed by atoms with Gasteiger partial charge in [-0.05, 0) is 37.3 Å². The van der Waals surface area contributed by atoms with Gasteiger partial charge in [-0.15, -0.1) is 0 Å². The Balaban J connectivity index is 1.76. The van der Waals surface area contributed by atoms with Gasteiger partial charge in [-0.2, -0.15) is 5.10 Å². The Kier molecular flexibility index (Phi) is 7.33. The van der Waals surface area contributed by atoms with E-state index in [0.29, 0.717) is 29.3 Å². The van der Waals surface area contributed by atoms with Crippen molar-refractivity contribution in [2.45, 2.75) is 31.2 Å². The zero-order valence-corrected chi connectivity index (χ0v) is 16.5. The third kappa shape index (κ3) is 5.63. The van der Waals surface area contributed by atoms with Gasteiger partial charge in [-0.3, -0.25) is 9.89 Å². The number of amides is 1. The van der Waals surface area contributed by atoms with Crippen LogP contribution >= 0.6 is 23.8 Å². The molecule has 0 aliphatic rings. The molecule has 0 saturated carbocycles. The van der Waals surface area contributed by atoms with E-state index in [0.717, 1.165) is 5.82 Å². The van der Waals surface area contributed by atoms with E-state index in [2.05, 4.69) is 20.2 Å². The summed E-state index contributed by atoms with van der Waals surface area (Å²) in [4.78, 5) is 11.9. The largest absolute Gasteiger partial charge is 0.356 e. The summed E-state index contributed by atoms with van der Waals surface area (Å²) in [5.74, 6) is 0.510. The first-order valence-electron chi connectivity index (χ1n) is 7.99. The molecule has 11 heteroatoms. The molecule has 2 aromatic rings. The van der Waals surface area contributed by atoms with Gasteiger partial charge in [0.15, 0.2) is 4.77 Å². The Morgan fingerprint density at radius 1 is 1.38 bits per heavy atom. The fourth-order valence-electron chi connectivity index (χ4n) is 2.29. The Hall–Kier alpha value is -1.75. The van der Waals surface area contributed by atoms with Crippen LogP contribution in [-0.4, -0.2) is 42.2 Å². The summed E-state index contributed by atoms with van der Waals surface area (Å²) in [5.41, 5.74) is 0. The van der Waals surface area contributed by atoms with E-state index in [4.69, 9.17) is 23.8 Å². The molecule has 26 heavy (non-hydrogen) atoms. The van der Waals surface area contributed by atoms with Crippen LogP contribution in [0.2, 0.25) is 5.02 Å². The van der Waals surface area contributed by atoms with Gasteiger partial charge < -0.3 is 9.88 Å². The second-order valence-corrected chi connectivity index (χ2v) is 7.98. The van der Waals surface area contributed by atoms with Crippen molar-refractivity contribution in [3.8, 4) is 0 Å². The molecule has 0 aliphatic heterocycles. The number of nitrogens with one attached hydrogen (secondary N) is 3. The molecule has 0 fully saturated rings. The minimum Gasteiger partial charge on any atom is -0.356 e. The molecule has 3 N–H and O–H groups in total. The number of carbonyl (C=O) groups excluding carboxylic acids is 1. The number of H-pyrrole nitrogens is 1. The molecule has 1 heterocycles. The van der Waals surface area contributed by atoms with Crippen molar-refractivity contribution in [2.75, 3.05) is 13.1 Å². The van der Waals surface area contributed by atoms with Gasteiger partial charge >= 0.3 is 0 Å². The number of hydrogen-bond acceptors (Lipinski definition) is 5. The molecule has 1 amide bonds. The van der Waals surface area contributed by atoms with Crippen LogP contribution in [0.5, 0.6) is 0 Å². The molecular weight excluding hydrogens is 398 g/mol. The lowest BCUT2D eigenvalue weighted by Crippen LogP contribution is -2.32. The van der Waals surface area contributed by atoms with Crippen molar-refractivity contribution in [1.29, 1.82) is 0 Å². The topological polar surface area (TPSA) is 109 Å². The summed E-state index contributed by atoms with van der Waals surface area (Å²) >= 11 is 10.9. The first-order chi connectivity index (χ1) is 12.3. The average Bonchev–Trinajstić information content (AvgIpc) is 2.94. The predicted molar refractivity (Wildman–Crippen MR) is 101 cm³/mol. The van der Waals surface area contributed by atoms with E-state index in [9.17, 15) is 13.2 Å². The van der Waals surface area contributed by atoms with Crippen molar-refractivity contribution < 1.29 is 13.2 Å². The van der Waals surface area contributed by atoms with Crippen LogP contribution in [0, 0.1) is 4.77 Å². The highest BCUT2D eigenvalue weighted by Crippen LogP contribution is 2.14. The van der Waals surface area contributed by atoms with Crippen LogP contribution < -0.4 is 10.0 Å². The third-order valence-corrected chi connectivity index (χ3v) is 5.58. The third-order valence-electron chi connectivity index (χ3n) is 3.57. The number of carbonyl (C=O) groups is 1. The summed E-state index contributed by atoms with van der Waals surface area (Å²) in [6.45, 7) is 3.04. The van der Waals surface area contributed by atoms with Crippen molar-refractivity contribution in [3.63, 3.8) is 0 Å². The number of halogens is 1. The van der Waals surface area contributed by atoms with Gasteiger partial charge in [-0.1, -0.05) is 17.7 Å². The molecule has 0 aliphatic carbocycles. The number of sulfonamides is 1. The molecule has 142 valence electrons. The molecule has 1 aromatic carbocycles. The number of rotatable bonds is 9. The van der Waals surface area contributed by atoms with E-state index in [1.54, 1.807) is 12.1 Å². The van der Waals surface area contributed by atoms with Crippen LogP contribution in [0.25, 0.3) is 0 Å². The molecule has 0 bridgehead atoms. The number of nitrogens with zero attached hydrogens (tertiary/aromatic N) is 2. The predicted octanol–water partition coefficient (Wildman–Crippen LogP) is 1.64. The van der Waals surface area contributed by atoms with E-state index in [1.807, 2.05) is 11.5 Å². The number of hydrogen-bond donors (Lipinski definition) is 3. The minimum atomic E-state index is -3.69. The zero-order chi connectivity index (χ0) is 19.2. The maximum atomic E-state index is 12.1. The van der Waals surface area contributed by atoms with E-state index < -0.39 is 10.0 Å². The van der Waals surface area contributed by atoms with Crippen LogP contribution in [0.15, 0.2) is 29.2 Å². The molecule has 0 unspecified atom stereocenters. The Morgan fingerprint density at radius 3 is 2.85 bits per heavy atom. The lowest BCUT2D eigenvalue weighted by Gasteiger charge is -2.08. The smallest absolute Gasteiger partial charge is 0.240 e. The lowest BCUT2D eigenvalue weighted by atomic mass is 10.3. The van der Waals surface area contributed by atoms with Gasteiger partial charge in [0.25, 0.3) is 0 Å². The quantitative estimate of drug-likeness (QED) is 0.537. The van der Waals surface area contributed by atoms with Crippen molar-refractivity contribution >= 4 is 39.7 Å². The second-order valence-electron chi connectivity index (χ2n) is 5.39. The van der Waals surface area contributed by atoms with Crippen LogP contribution in [0.1, 0.15) is 19.2 Å². The van der Waals surface area contributed by atoms with Gasteiger partial charge in [0, 0.05) is 37.5 Å². The normalized spacial score (nSPS) is 11.5. The van der Waals surface area contributed by atoms with Crippen LogP contribution in [-0.2, 0) is 27.8 Å². The molecule has 0 radical (unpaired) electrons. The fraction of sp³-hybridized carbons (Fsp3) is 0.400. The highest BCUT2D eigenvalue weighted by molar-refractivity contribution is 7.89. The Bertz CT molecular complexity index is 923.